The molecular weight excluding hydrogens is 490 g/mol. The Morgan fingerprint density at radius 1 is 1.07 bits per heavy atom. The molecule has 2 N–H and O–H groups in total. The third kappa shape index (κ3) is 3.74. The van der Waals surface area contributed by atoms with E-state index < -0.39 is 0 Å². The molecule has 27 heavy (non-hydrogen) atoms. The molecule has 0 atom stereocenters. The van der Waals surface area contributed by atoms with E-state index in [2.05, 4.69) is 60.1 Å². The van der Waals surface area contributed by atoms with Gasteiger partial charge in [-0.1, -0.05) is 12.1 Å². The molecule has 1 aliphatic rings. The van der Waals surface area contributed by atoms with Gasteiger partial charge in [0.25, 0.3) is 5.91 Å². The Hall–Kier alpha value is -1.89. The number of aromatic hydroxyl groups is 1. The highest BCUT2D eigenvalue weighted by Crippen LogP contribution is 2.37. The van der Waals surface area contributed by atoms with Crippen LogP contribution in [-0.2, 0) is 11.2 Å². The molecule has 1 aromatic heterocycles. The molecule has 1 amide bonds. The number of halogens is 2. The van der Waals surface area contributed by atoms with Crippen molar-refractivity contribution in [1.29, 1.82) is 0 Å². The highest BCUT2D eigenvalue weighted by atomic mass is 79.9. The monoisotopic (exact) mass is 503 g/mol. The molecule has 0 aliphatic carbocycles. The van der Waals surface area contributed by atoms with Crippen LogP contribution in [0.15, 0.2) is 62.2 Å². The van der Waals surface area contributed by atoms with E-state index in [0.29, 0.717) is 8.95 Å². The fourth-order valence-electron chi connectivity index (χ4n) is 3.14. The second kappa shape index (κ2) is 7.62. The summed E-state index contributed by atoms with van der Waals surface area (Å²) in [6.45, 7) is 0. The number of carbonyl (C=O) groups is 1. The molecule has 136 valence electrons. The number of hydrogen-bond acceptors (Lipinski definition) is 3. The lowest BCUT2D eigenvalue weighted by Gasteiger charge is -2.05. The predicted octanol–water partition coefficient (Wildman–Crippen LogP) is 6.61. The van der Waals surface area contributed by atoms with Crippen LogP contribution in [0.1, 0.15) is 17.5 Å². The van der Waals surface area contributed by atoms with Crippen molar-refractivity contribution in [3.05, 3.63) is 73.3 Å². The third-order valence-electron chi connectivity index (χ3n) is 4.52. The molecule has 3 nitrogen and oxygen atoms in total. The molecular formula is C21H15Br2NO2S. The van der Waals surface area contributed by atoms with Gasteiger partial charge in [-0.25, -0.2) is 0 Å². The van der Waals surface area contributed by atoms with Crippen molar-refractivity contribution in [2.75, 3.05) is 5.32 Å². The molecule has 0 saturated carbocycles. The first kappa shape index (κ1) is 18.5. The van der Waals surface area contributed by atoms with Crippen LogP contribution in [0.3, 0.4) is 0 Å². The summed E-state index contributed by atoms with van der Waals surface area (Å²) in [7, 11) is 0. The number of aryl methyl sites for hydroxylation is 1. The molecule has 4 rings (SSSR count). The Kier molecular flexibility index (Phi) is 5.21. The second-order valence-corrected chi connectivity index (χ2v) is 8.78. The molecule has 1 aliphatic heterocycles. The number of nitrogens with one attached hydrogen (secondary N) is 1. The van der Waals surface area contributed by atoms with Gasteiger partial charge < -0.3 is 10.4 Å². The number of anilines is 1. The fraction of sp³-hybridized carbons (Fsp3) is 0.0952. The Morgan fingerprint density at radius 3 is 2.56 bits per heavy atom. The maximum Gasteiger partial charge on any atom is 0.256 e. The molecule has 3 aromatic rings. The van der Waals surface area contributed by atoms with Crippen molar-refractivity contribution in [3.8, 4) is 16.9 Å². The van der Waals surface area contributed by atoms with E-state index in [4.69, 9.17) is 0 Å². The van der Waals surface area contributed by atoms with Crippen molar-refractivity contribution in [2.45, 2.75) is 12.8 Å². The van der Waals surface area contributed by atoms with Gasteiger partial charge in [0, 0.05) is 16.8 Å². The summed E-state index contributed by atoms with van der Waals surface area (Å²) in [5, 5.41) is 16.9. The SMILES string of the molecule is O=C1Nc2ccc(-c3ccsc3)cc2/C1=C/CCc1cc(Br)c(O)c(Br)c1. The number of amides is 1. The summed E-state index contributed by atoms with van der Waals surface area (Å²) < 4.78 is 1.31. The topological polar surface area (TPSA) is 49.3 Å². The van der Waals surface area contributed by atoms with Crippen LogP contribution < -0.4 is 5.32 Å². The van der Waals surface area contributed by atoms with Crippen LogP contribution in [0.25, 0.3) is 16.7 Å². The first-order chi connectivity index (χ1) is 13.0. The molecule has 2 aromatic carbocycles. The molecule has 0 bridgehead atoms. The minimum absolute atomic E-state index is 0.0551. The average Bonchev–Trinajstić information content (AvgIpc) is 3.27. The summed E-state index contributed by atoms with van der Waals surface area (Å²) in [6.07, 6.45) is 3.50. The van der Waals surface area contributed by atoms with Crippen molar-refractivity contribution in [3.63, 3.8) is 0 Å². The van der Waals surface area contributed by atoms with E-state index in [-0.39, 0.29) is 11.7 Å². The van der Waals surface area contributed by atoms with Gasteiger partial charge in [0.05, 0.1) is 8.95 Å². The van der Waals surface area contributed by atoms with Crippen LogP contribution in [0, 0.1) is 0 Å². The number of allylic oxidation sites excluding steroid dienone is 1. The van der Waals surface area contributed by atoms with Gasteiger partial charge in [-0.2, -0.15) is 11.3 Å². The summed E-state index contributed by atoms with van der Waals surface area (Å²) in [5.41, 5.74) is 5.90. The minimum Gasteiger partial charge on any atom is -0.506 e. The van der Waals surface area contributed by atoms with Crippen LogP contribution in [0.2, 0.25) is 0 Å². The largest absolute Gasteiger partial charge is 0.506 e. The van der Waals surface area contributed by atoms with Crippen molar-refractivity contribution in [1.82, 2.24) is 0 Å². The molecule has 0 unspecified atom stereocenters. The molecule has 0 fully saturated rings. The van der Waals surface area contributed by atoms with Gasteiger partial charge in [-0.3, -0.25) is 4.79 Å². The molecule has 0 saturated heterocycles. The van der Waals surface area contributed by atoms with Crippen molar-refractivity contribution < 1.29 is 9.90 Å². The van der Waals surface area contributed by atoms with Gasteiger partial charge in [0.2, 0.25) is 0 Å². The van der Waals surface area contributed by atoms with Gasteiger partial charge in [-0.05, 0) is 102 Å². The molecule has 2 heterocycles. The summed E-state index contributed by atoms with van der Waals surface area (Å²) in [4.78, 5) is 12.4. The first-order valence-electron chi connectivity index (χ1n) is 8.38. The zero-order valence-corrected chi connectivity index (χ0v) is 18.1. The van der Waals surface area contributed by atoms with Crippen LogP contribution >= 0.6 is 43.2 Å². The van der Waals surface area contributed by atoms with Gasteiger partial charge >= 0.3 is 0 Å². The second-order valence-electron chi connectivity index (χ2n) is 6.29. The Bertz CT molecular complexity index is 1040. The first-order valence-corrected chi connectivity index (χ1v) is 10.9. The number of phenols is 1. The molecule has 0 radical (unpaired) electrons. The van der Waals surface area contributed by atoms with E-state index in [1.54, 1.807) is 11.3 Å². The van der Waals surface area contributed by atoms with Gasteiger partial charge in [-0.15, -0.1) is 0 Å². The number of fused-ring (bicyclic) bond motifs is 1. The molecule has 6 heteroatoms. The molecule has 0 spiro atoms. The average molecular weight is 505 g/mol. The van der Waals surface area contributed by atoms with E-state index in [0.717, 1.165) is 40.8 Å². The van der Waals surface area contributed by atoms with Crippen LogP contribution in [0.5, 0.6) is 5.75 Å². The Morgan fingerprint density at radius 2 is 1.85 bits per heavy atom. The van der Waals surface area contributed by atoms with E-state index in [1.807, 2.05) is 30.3 Å². The zero-order valence-electron chi connectivity index (χ0n) is 14.1. The lowest BCUT2D eigenvalue weighted by atomic mass is 9.99. The highest BCUT2D eigenvalue weighted by molar-refractivity contribution is 9.11. The number of carbonyl (C=O) groups excluding carboxylic acids is 1. The van der Waals surface area contributed by atoms with Crippen LogP contribution in [-0.4, -0.2) is 11.0 Å². The number of thiophene rings is 1. The maximum absolute atomic E-state index is 12.4. The summed E-state index contributed by atoms with van der Waals surface area (Å²) in [6, 6.07) is 12.0. The van der Waals surface area contributed by atoms with Crippen molar-refractivity contribution >= 4 is 60.4 Å². The third-order valence-corrected chi connectivity index (χ3v) is 6.41. The fourth-order valence-corrected chi connectivity index (χ4v) is 5.09. The maximum atomic E-state index is 12.4. The standard InChI is InChI=1S/C21H15Br2NO2S/c22-17-8-12(9-18(23)20(17)25)2-1-3-15-16-10-13(14-6-7-27-11-14)4-5-19(16)24-21(15)26/h3-11,25H,1-2H2,(H,24,26)/b15-3-. The number of rotatable bonds is 4. The number of phenolic OH excluding ortho intramolecular Hbond substituents is 1. The Balaban J connectivity index is 1.58. The van der Waals surface area contributed by atoms with E-state index >= 15 is 0 Å². The highest BCUT2D eigenvalue weighted by Gasteiger charge is 2.24. The predicted molar refractivity (Wildman–Crippen MR) is 118 cm³/mol. The van der Waals surface area contributed by atoms with Crippen LogP contribution in [0.4, 0.5) is 5.69 Å². The number of benzene rings is 2. The van der Waals surface area contributed by atoms with Gasteiger partial charge in [0.15, 0.2) is 0 Å². The lowest BCUT2D eigenvalue weighted by Crippen LogP contribution is -2.03. The quantitative estimate of drug-likeness (QED) is 0.392. The smallest absolute Gasteiger partial charge is 0.256 e. The summed E-state index contributed by atoms with van der Waals surface area (Å²) in [5.74, 6) is 0.141. The summed E-state index contributed by atoms with van der Waals surface area (Å²) >= 11 is 8.37. The minimum atomic E-state index is -0.0551. The normalized spacial score (nSPS) is 14.4. The Labute approximate surface area is 178 Å². The van der Waals surface area contributed by atoms with E-state index in [1.165, 1.54) is 5.56 Å². The zero-order chi connectivity index (χ0) is 19.0. The van der Waals surface area contributed by atoms with E-state index in [9.17, 15) is 9.90 Å². The number of hydrogen-bond donors (Lipinski definition) is 2. The van der Waals surface area contributed by atoms with Gasteiger partial charge in [0.1, 0.15) is 5.75 Å². The lowest BCUT2D eigenvalue weighted by molar-refractivity contribution is -0.110. The van der Waals surface area contributed by atoms with Crippen molar-refractivity contribution in [2.24, 2.45) is 0 Å².